The molecule has 0 saturated carbocycles. The molecule has 2 aromatic rings. The van der Waals surface area contributed by atoms with Crippen LogP contribution in [0.1, 0.15) is 0 Å². The highest BCUT2D eigenvalue weighted by Crippen LogP contribution is 2.12. The predicted molar refractivity (Wildman–Crippen MR) is 52.6 cm³/mol. The summed E-state index contributed by atoms with van der Waals surface area (Å²) in [7, 11) is 0. The van der Waals surface area contributed by atoms with Crippen LogP contribution in [-0.4, -0.2) is 31.4 Å². The number of rotatable bonds is 2. The van der Waals surface area contributed by atoms with Crippen molar-refractivity contribution in [2.45, 2.75) is 5.16 Å². The first-order valence-electron chi connectivity index (χ1n) is 3.91. The molecule has 2 aromatic heterocycles. The maximum Gasteiger partial charge on any atom is 0.209 e. The third kappa shape index (κ3) is 1.85. The van der Waals surface area contributed by atoms with E-state index in [0.29, 0.717) is 16.7 Å². The average Bonchev–Trinajstić information content (AvgIpc) is 2.30. The summed E-state index contributed by atoms with van der Waals surface area (Å²) < 4.78 is 0. The minimum atomic E-state index is 0.567. The van der Waals surface area contributed by atoms with Crippen LogP contribution in [0.25, 0.3) is 11.5 Å². The fourth-order valence-electron chi connectivity index (χ4n) is 0.913. The molecule has 0 aliphatic rings. The smallest absolute Gasteiger partial charge is 0.209 e. The van der Waals surface area contributed by atoms with E-state index in [1.54, 1.807) is 24.7 Å². The highest BCUT2D eigenvalue weighted by molar-refractivity contribution is 7.98. The second-order valence-corrected chi connectivity index (χ2v) is 3.17. The van der Waals surface area contributed by atoms with Crippen LogP contribution in [0.3, 0.4) is 0 Å². The molecule has 0 aliphatic carbocycles. The predicted octanol–water partition coefficient (Wildman–Crippen LogP) is 1.05. The van der Waals surface area contributed by atoms with E-state index in [1.807, 2.05) is 6.26 Å². The third-order valence-electron chi connectivity index (χ3n) is 1.52. The zero-order valence-electron chi connectivity index (χ0n) is 7.45. The van der Waals surface area contributed by atoms with Crippen LogP contribution < -0.4 is 0 Å². The van der Waals surface area contributed by atoms with Crippen molar-refractivity contribution >= 4 is 11.8 Å². The lowest BCUT2D eigenvalue weighted by atomic mass is 10.4. The van der Waals surface area contributed by atoms with E-state index in [9.17, 15) is 0 Å². The van der Waals surface area contributed by atoms with Gasteiger partial charge in [0, 0.05) is 12.4 Å². The van der Waals surface area contributed by atoms with E-state index in [4.69, 9.17) is 0 Å². The van der Waals surface area contributed by atoms with Crippen molar-refractivity contribution < 1.29 is 0 Å². The molecule has 0 bridgehead atoms. The minimum absolute atomic E-state index is 0.567. The van der Waals surface area contributed by atoms with Crippen LogP contribution in [0.2, 0.25) is 0 Å². The summed E-state index contributed by atoms with van der Waals surface area (Å²) in [4.78, 5) is 12.4. The third-order valence-corrected chi connectivity index (χ3v) is 2.05. The van der Waals surface area contributed by atoms with Gasteiger partial charge in [-0.3, -0.25) is 0 Å². The molecule has 0 atom stereocenters. The summed E-state index contributed by atoms with van der Waals surface area (Å²) in [5.41, 5.74) is 0.643. The van der Waals surface area contributed by atoms with E-state index in [1.165, 1.54) is 11.8 Å². The Labute approximate surface area is 85.0 Å². The van der Waals surface area contributed by atoms with Gasteiger partial charge in [-0.25, -0.2) is 15.0 Å². The maximum atomic E-state index is 4.23. The lowest BCUT2D eigenvalue weighted by Gasteiger charge is -1.97. The highest BCUT2D eigenvalue weighted by Gasteiger charge is 2.03. The molecule has 0 unspecified atom stereocenters. The monoisotopic (exact) mass is 205 g/mol. The van der Waals surface area contributed by atoms with Gasteiger partial charge in [-0.05, 0) is 12.3 Å². The standard InChI is InChI=1S/C8H7N5S/c1-14-8-12-6(5-11-13-8)7-9-3-2-4-10-7/h2-5H,1H3. The van der Waals surface area contributed by atoms with Gasteiger partial charge in [0.25, 0.3) is 0 Å². The molecule has 0 radical (unpaired) electrons. The van der Waals surface area contributed by atoms with Crippen molar-refractivity contribution in [2.75, 3.05) is 6.26 Å². The van der Waals surface area contributed by atoms with Gasteiger partial charge < -0.3 is 0 Å². The molecule has 6 heteroatoms. The Morgan fingerprint density at radius 1 is 1.21 bits per heavy atom. The first-order valence-corrected chi connectivity index (χ1v) is 5.14. The van der Waals surface area contributed by atoms with Gasteiger partial charge in [0.2, 0.25) is 5.16 Å². The van der Waals surface area contributed by atoms with E-state index in [-0.39, 0.29) is 0 Å². The fraction of sp³-hybridized carbons (Fsp3) is 0.125. The second kappa shape index (κ2) is 4.10. The first kappa shape index (κ1) is 9.01. The number of hydrogen-bond donors (Lipinski definition) is 0. The van der Waals surface area contributed by atoms with Crippen molar-refractivity contribution in [3.63, 3.8) is 0 Å². The zero-order chi connectivity index (χ0) is 9.80. The van der Waals surface area contributed by atoms with Crippen molar-refractivity contribution in [3.05, 3.63) is 24.7 Å². The van der Waals surface area contributed by atoms with Crippen LogP contribution in [0.4, 0.5) is 0 Å². The zero-order valence-corrected chi connectivity index (χ0v) is 8.27. The Kier molecular flexibility index (Phi) is 2.64. The molecule has 0 aliphatic heterocycles. The van der Waals surface area contributed by atoms with Crippen molar-refractivity contribution in [1.82, 2.24) is 25.1 Å². The van der Waals surface area contributed by atoms with Gasteiger partial charge in [-0.1, -0.05) is 11.8 Å². The largest absolute Gasteiger partial charge is 0.235 e. The number of thioether (sulfide) groups is 1. The molecule has 0 amide bonds. The van der Waals surface area contributed by atoms with Crippen LogP contribution in [0.5, 0.6) is 0 Å². The summed E-state index contributed by atoms with van der Waals surface area (Å²) >= 11 is 1.44. The molecule has 14 heavy (non-hydrogen) atoms. The van der Waals surface area contributed by atoms with Crippen LogP contribution in [0.15, 0.2) is 29.8 Å². The Bertz CT molecular complexity index is 419. The van der Waals surface area contributed by atoms with Crippen LogP contribution in [0, 0.1) is 0 Å². The number of nitrogens with zero attached hydrogens (tertiary/aromatic N) is 5. The second-order valence-electron chi connectivity index (χ2n) is 2.40. The van der Waals surface area contributed by atoms with E-state index < -0.39 is 0 Å². The molecular formula is C8H7N5S. The number of hydrogen-bond acceptors (Lipinski definition) is 6. The molecule has 5 nitrogen and oxygen atoms in total. The van der Waals surface area contributed by atoms with Gasteiger partial charge in [0.1, 0.15) is 5.69 Å². The van der Waals surface area contributed by atoms with Crippen LogP contribution >= 0.6 is 11.8 Å². The summed E-state index contributed by atoms with van der Waals surface area (Å²) in [5.74, 6) is 0.567. The quantitative estimate of drug-likeness (QED) is 0.683. The fourth-order valence-corrected chi connectivity index (χ4v) is 1.23. The molecule has 0 saturated heterocycles. The van der Waals surface area contributed by atoms with E-state index >= 15 is 0 Å². The van der Waals surface area contributed by atoms with Gasteiger partial charge >= 0.3 is 0 Å². The van der Waals surface area contributed by atoms with E-state index in [0.717, 1.165) is 0 Å². The molecular weight excluding hydrogens is 198 g/mol. The molecule has 2 rings (SSSR count). The lowest BCUT2D eigenvalue weighted by molar-refractivity contribution is 0.840. The Balaban J connectivity index is 2.42. The molecule has 2 heterocycles. The lowest BCUT2D eigenvalue weighted by Crippen LogP contribution is -1.95. The molecule has 0 spiro atoms. The summed E-state index contributed by atoms with van der Waals surface area (Å²) in [6.45, 7) is 0. The van der Waals surface area contributed by atoms with Gasteiger partial charge in [0.05, 0.1) is 6.20 Å². The Morgan fingerprint density at radius 2 is 2.00 bits per heavy atom. The summed E-state index contributed by atoms with van der Waals surface area (Å²) in [5, 5.41) is 8.27. The van der Waals surface area contributed by atoms with Crippen molar-refractivity contribution in [3.8, 4) is 11.5 Å². The molecule has 0 fully saturated rings. The summed E-state index contributed by atoms with van der Waals surface area (Å²) in [6, 6.07) is 1.76. The first-order chi connectivity index (χ1) is 6.90. The Morgan fingerprint density at radius 3 is 2.71 bits per heavy atom. The molecule has 70 valence electrons. The Hall–Kier alpha value is -1.56. The molecule has 0 N–H and O–H groups in total. The van der Waals surface area contributed by atoms with Gasteiger partial charge in [-0.15, -0.1) is 5.10 Å². The minimum Gasteiger partial charge on any atom is -0.235 e. The number of aromatic nitrogens is 5. The average molecular weight is 205 g/mol. The topological polar surface area (TPSA) is 64.5 Å². The normalized spacial score (nSPS) is 10.1. The molecule has 0 aromatic carbocycles. The summed E-state index contributed by atoms with van der Waals surface area (Å²) in [6.07, 6.45) is 6.79. The van der Waals surface area contributed by atoms with Gasteiger partial charge in [-0.2, -0.15) is 5.10 Å². The van der Waals surface area contributed by atoms with Crippen molar-refractivity contribution in [2.24, 2.45) is 0 Å². The maximum absolute atomic E-state index is 4.23. The van der Waals surface area contributed by atoms with E-state index in [2.05, 4.69) is 25.1 Å². The van der Waals surface area contributed by atoms with Gasteiger partial charge in [0.15, 0.2) is 5.82 Å². The van der Waals surface area contributed by atoms with Crippen molar-refractivity contribution in [1.29, 1.82) is 0 Å². The van der Waals surface area contributed by atoms with Crippen LogP contribution in [-0.2, 0) is 0 Å². The SMILES string of the molecule is CSc1nncc(-c2ncccn2)n1. The highest BCUT2D eigenvalue weighted by atomic mass is 32.2.